The lowest BCUT2D eigenvalue weighted by Gasteiger charge is -2.20. The molecule has 3 heteroatoms. The first-order valence-corrected chi connectivity index (χ1v) is 7.68. The van der Waals surface area contributed by atoms with Crippen LogP contribution in [0, 0.1) is 11.3 Å². The summed E-state index contributed by atoms with van der Waals surface area (Å²) in [5.74, 6) is 0.393. The van der Waals surface area contributed by atoms with E-state index in [-0.39, 0.29) is 11.8 Å². The van der Waals surface area contributed by atoms with Gasteiger partial charge in [0.1, 0.15) is 0 Å². The molecule has 1 aromatic rings. The number of esters is 1. The predicted molar refractivity (Wildman–Crippen MR) is 82.4 cm³/mol. The molecule has 1 aliphatic carbocycles. The minimum absolute atomic E-state index is 0.142. The van der Waals surface area contributed by atoms with Crippen LogP contribution in [0.5, 0.6) is 0 Å². The van der Waals surface area contributed by atoms with Crippen molar-refractivity contribution < 1.29 is 14.3 Å². The van der Waals surface area contributed by atoms with Crippen LogP contribution in [0.15, 0.2) is 18.2 Å². The molecular weight excluding hydrogens is 264 g/mol. The van der Waals surface area contributed by atoms with Crippen molar-refractivity contribution >= 4 is 11.8 Å². The quantitative estimate of drug-likeness (QED) is 0.614. The van der Waals surface area contributed by atoms with Crippen molar-refractivity contribution in [3.8, 4) is 0 Å². The lowest BCUT2D eigenvalue weighted by atomic mass is 9.87. The second-order valence-electron chi connectivity index (χ2n) is 6.64. The van der Waals surface area contributed by atoms with Gasteiger partial charge >= 0.3 is 5.97 Å². The maximum atomic E-state index is 12.2. The Morgan fingerprint density at radius 2 is 1.90 bits per heavy atom. The number of carbonyl (C=O) groups is 2. The molecular formula is C18H24O3. The van der Waals surface area contributed by atoms with E-state index in [1.165, 1.54) is 0 Å². The molecule has 0 spiro atoms. The van der Waals surface area contributed by atoms with Gasteiger partial charge in [0.15, 0.2) is 5.78 Å². The van der Waals surface area contributed by atoms with Crippen LogP contribution in [0.4, 0.5) is 0 Å². The summed E-state index contributed by atoms with van der Waals surface area (Å²) in [7, 11) is 0. The molecule has 0 bridgehead atoms. The van der Waals surface area contributed by atoms with Crippen LogP contribution in [0.25, 0.3) is 0 Å². The van der Waals surface area contributed by atoms with Crippen molar-refractivity contribution in [2.75, 3.05) is 6.61 Å². The molecule has 1 unspecified atom stereocenters. The van der Waals surface area contributed by atoms with Crippen molar-refractivity contribution in [2.45, 2.75) is 47.0 Å². The maximum Gasteiger partial charge on any atom is 0.312 e. The van der Waals surface area contributed by atoms with Crippen LogP contribution in [0.3, 0.4) is 0 Å². The zero-order valence-electron chi connectivity index (χ0n) is 13.4. The number of ketones is 1. The summed E-state index contributed by atoms with van der Waals surface area (Å²) in [4.78, 5) is 24.3. The number of fused-ring (bicyclic) bond motifs is 1. The summed E-state index contributed by atoms with van der Waals surface area (Å²) in [6.07, 6.45) is 1.91. The van der Waals surface area contributed by atoms with Gasteiger partial charge in [-0.1, -0.05) is 26.0 Å². The first kappa shape index (κ1) is 15.7. The normalized spacial score (nSPS) is 20.4. The van der Waals surface area contributed by atoms with Crippen molar-refractivity contribution in [3.63, 3.8) is 0 Å². The Labute approximate surface area is 126 Å². The Kier molecular flexibility index (Phi) is 4.50. The molecule has 2 rings (SSSR count). The van der Waals surface area contributed by atoms with Gasteiger partial charge in [-0.05, 0) is 49.8 Å². The van der Waals surface area contributed by atoms with Gasteiger partial charge in [-0.2, -0.15) is 0 Å². The Morgan fingerprint density at radius 1 is 1.24 bits per heavy atom. The minimum Gasteiger partial charge on any atom is -0.466 e. The predicted octanol–water partition coefficient (Wildman–Crippen LogP) is 3.58. The minimum atomic E-state index is -0.488. The maximum absolute atomic E-state index is 12.2. The zero-order valence-corrected chi connectivity index (χ0v) is 13.4. The van der Waals surface area contributed by atoms with Gasteiger partial charge in [0, 0.05) is 12.0 Å². The number of hydrogen-bond donors (Lipinski definition) is 0. The summed E-state index contributed by atoms with van der Waals surface area (Å²) < 4.78 is 5.18. The molecule has 1 aromatic carbocycles. The van der Waals surface area contributed by atoms with Gasteiger partial charge in [0.2, 0.25) is 0 Å². The van der Waals surface area contributed by atoms with E-state index < -0.39 is 5.41 Å². The third-order valence-electron chi connectivity index (χ3n) is 4.05. The van der Waals surface area contributed by atoms with Crippen molar-refractivity contribution in [2.24, 2.45) is 11.3 Å². The molecule has 0 saturated heterocycles. The van der Waals surface area contributed by atoms with E-state index in [1.807, 2.05) is 45.9 Å². The summed E-state index contributed by atoms with van der Waals surface area (Å²) in [5.41, 5.74) is 2.54. The molecule has 0 radical (unpaired) electrons. The third-order valence-corrected chi connectivity index (χ3v) is 4.05. The molecule has 0 fully saturated rings. The van der Waals surface area contributed by atoms with E-state index in [1.54, 1.807) is 0 Å². The van der Waals surface area contributed by atoms with Crippen LogP contribution in [0.1, 0.15) is 55.6 Å². The molecule has 0 saturated carbocycles. The van der Waals surface area contributed by atoms with E-state index in [0.717, 1.165) is 16.7 Å². The van der Waals surface area contributed by atoms with Crippen LogP contribution < -0.4 is 0 Å². The molecule has 0 aliphatic heterocycles. The Bertz CT molecular complexity index is 560. The fourth-order valence-corrected chi connectivity index (χ4v) is 2.98. The lowest BCUT2D eigenvalue weighted by molar-refractivity contribution is -0.153. The zero-order chi connectivity index (χ0) is 15.6. The van der Waals surface area contributed by atoms with Crippen LogP contribution >= 0.6 is 0 Å². The number of ether oxygens (including phenoxy) is 1. The first-order chi connectivity index (χ1) is 9.85. The molecule has 0 heterocycles. The van der Waals surface area contributed by atoms with Crippen molar-refractivity contribution in [1.29, 1.82) is 0 Å². The Balaban J connectivity index is 2.19. The standard InChI is InChI=1S/C18H24O3/c1-5-21-17(20)18(4)10-14-7-6-13(9-15(14)11-18)16(19)8-12(2)3/h6-7,9,12H,5,8,10-11H2,1-4H3. The smallest absolute Gasteiger partial charge is 0.312 e. The highest BCUT2D eigenvalue weighted by Gasteiger charge is 2.40. The highest BCUT2D eigenvalue weighted by molar-refractivity contribution is 5.96. The van der Waals surface area contributed by atoms with E-state index in [0.29, 0.717) is 31.8 Å². The number of hydrogen-bond acceptors (Lipinski definition) is 3. The second-order valence-corrected chi connectivity index (χ2v) is 6.64. The monoisotopic (exact) mass is 288 g/mol. The van der Waals surface area contributed by atoms with Gasteiger partial charge in [-0.25, -0.2) is 0 Å². The summed E-state index contributed by atoms with van der Waals surface area (Å²) in [6.45, 7) is 8.27. The summed E-state index contributed by atoms with van der Waals surface area (Å²) >= 11 is 0. The van der Waals surface area contributed by atoms with Crippen LogP contribution in [-0.2, 0) is 22.4 Å². The van der Waals surface area contributed by atoms with E-state index >= 15 is 0 Å². The van der Waals surface area contributed by atoms with Gasteiger partial charge in [-0.3, -0.25) is 9.59 Å². The largest absolute Gasteiger partial charge is 0.466 e. The van der Waals surface area contributed by atoms with Crippen molar-refractivity contribution in [3.05, 3.63) is 34.9 Å². The number of Topliss-reactive ketones (excluding diaryl/α,β-unsaturated/α-hetero) is 1. The van der Waals surface area contributed by atoms with Gasteiger partial charge in [0.05, 0.1) is 12.0 Å². The second kappa shape index (κ2) is 6.00. The molecule has 21 heavy (non-hydrogen) atoms. The molecule has 0 N–H and O–H groups in total. The molecule has 0 amide bonds. The fraction of sp³-hybridized carbons (Fsp3) is 0.556. The fourth-order valence-electron chi connectivity index (χ4n) is 2.98. The molecule has 1 aliphatic rings. The van der Waals surface area contributed by atoms with Gasteiger partial charge in [-0.15, -0.1) is 0 Å². The topological polar surface area (TPSA) is 43.4 Å². The molecule has 1 atom stereocenters. The van der Waals surface area contributed by atoms with E-state index in [2.05, 4.69) is 0 Å². The van der Waals surface area contributed by atoms with E-state index in [4.69, 9.17) is 4.74 Å². The molecule has 0 aromatic heterocycles. The van der Waals surface area contributed by atoms with Crippen LogP contribution in [-0.4, -0.2) is 18.4 Å². The Hall–Kier alpha value is -1.64. The average molecular weight is 288 g/mol. The summed E-state index contributed by atoms with van der Waals surface area (Å²) in [6, 6.07) is 5.85. The van der Waals surface area contributed by atoms with Gasteiger partial charge in [0.25, 0.3) is 0 Å². The SMILES string of the molecule is CCOC(=O)C1(C)Cc2ccc(C(=O)CC(C)C)cc2C1. The van der Waals surface area contributed by atoms with Crippen LogP contribution in [0.2, 0.25) is 0 Å². The molecule has 3 nitrogen and oxygen atoms in total. The first-order valence-electron chi connectivity index (χ1n) is 7.68. The van der Waals surface area contributed by atoms with Crippen molar-refractivity contribution in [1.82, 2.24) is 0 Å². The third kappa shape index (κ3) is 3.34. The number of carbonyl (C=O) groups excluding carboxylic acids is 2. The summed E-state index contributed by atoms with van der Waals surface area (Å²) in [5, 5.41) is 0. The lowest BCUT2D eigenvalue weighted by Crippen LogP contribution is -2.30. The number of benzene rings is 1. The van der Waals surface area contributed by atoms with E-state index in [9.17, 15) is 9.59 Å². The van der Waals surface area contributed by atoms with Gasteiger partial charge < -0.3 is 4.74 Å². The molecule has 114 valence electrons. The average Bonchev–Trinajstić information content (AvgIpc) is 2.74. The number of rotatable bonds is 5. The highest BCUT2D eigenvalue weighted by atomic mass is 16.5. The Morgan fingerprint density at radius 3 is 2.52 bits per heavy atom. The highest BCUT2D eigenvalue weighted by Crippen LogP contribution is 2.38.